The Bertz CT molecular complexity index is 328. The molecule has 0 aromatic carbocycles. The normalized spacial score (nSPS) is 33.4. The molecule has 0 saturated carbocycles. The Balaban J connectivity index is 1.89. The lowest BCUT2D eigenvalue weighted by molar-refractivity contribution is -0.139. The molecule has 2 rings (SSSR count). The summed E-state index contributed by atoms with van der Waals surface area (Å²) in [5.41, 5.74) is 0. The van der Waals surface area contributed by atoms with Crippen molar-refractivity contribution >= 4 is 5.91 Å². The third kappa shape index (κ3) is 2.75. The SMILES string of the molecule is COC1CNC(C(=O)N2CCOC(C#N)C2)C1. The molecular weight excluding hydrogens is 222 g/mol. The van der Waals surface area contributed by atoms with Crippen LogP contribution >= 0.6 is 0 Å². The number of nitriles is 1. The van der Waals surface area contributed by atoms with E-state index in [4.69, 9.17) is 14.7 Å². The highest BCUT2D eigenvalue weighted by molar-refractivity contribution is 5.82. The van der Waals surface area contributed by atoms with Gasteiger partial charge in [0.25, 0.3) is 0 Å². The lowest BCUT2D eigenvalue weighted by Gasteiger charge is -2.31. The second kappa shape index (κ2) is 5.45. The minimum atomic E-state index is -0.493. The predicted octanol–water partition coefficient (Wildman–Crippen LogP) is -0.886. The largest absolute Gasteiger partial charge is 0.380 e. The number of hydrogen-bond acceptors (Lipinski definition) is 5. The fourth-order valence-electron chi connectivity index (χ4n) is 2.22. The molecule has 2 fully saturated rings. The zero-order valence-corrected chi connectivity index (χ0v) is 9.89. The van der Waals surface area contributed by atoms with E-state index in [1.165, 1.54) is 0 Å². The number of rotatable bonds is 2. The Hall–Kier alpha value is -1.16. The van der Waals surface area contributed by atoms with E-state index >= 15 is 0 Å². The Morgan fingerprint density at radius 3 is 3.12 bits per heavy atom. The number of nitrogens with zero attached hydrogens (tertiary/aromatic N) is 2. The van der Waals surface area contributed by atoms with E-state index in [0.29, 0.717) is 32.7 Å². The molecule has 0 aliphatic carbocycles. The van der Waals surface area contributed by atoms with Gasteiger partial charge in [-0.2, -0.15) is 5.26 Å². The van der Waals surface area contributed by atoms with Gasteiger partial charge in [0.2, 0.25) is 5.91 Å². The van der Waals surface area contributed by atoms with Gasteiger partial charge in [-0.25, -0.2) is 0 Å². The highest BCUT2D eigenvalue weighted by atomic mass is 16.5. The third-order valence-electron chi connectivity index (χ3n) is 3.24. The van der Waals surface area contributed by atoms with Gasteiger partial charge in [-0.05, 0) is 6.42 Å². The zero-order valence-electron chi connectivity index (χ0n) is 9.89. The Morgan fingerprint density at radius 1 is 1.65 bits per heavy atom. The molecule has 0 spiro atoms. The van der Waals surface area contributed by atoms with Crippen molar-refractivity contribution in [2.24, 2.45) is 0 Å². The van der Waals surface area contributed by atoms with Crippen molar-refractivity contribution in [2.75, 3.05) is 33.4 Å². The molecule has 3 atom stereocenters. The second-order valence-corrected chi connectivity index (χ2v) is 4.33. The zero-order chi connectivity index (χ0) is 12.3. The number of hydrogen-bond donors (Lipinski definition) is 1. The molecule has 0 bridgehead atoms. The lowest BCUT2D eigenvalue weighted by Crippen LogP contribution is -2.50. The summed E-state index contributed by atoms with van der Waals surface area (Å²) in [4.78, 5) is 13.9. The van der Waals surface area contributed by atoms with Crippen LogP contribution in [0.2, 0.25) is 0 Å². The van der Waals surface area contributed by atoms with Crippen molar-refractivity contribution in [1.82, 2.24) is 10.2 Å². The predicted molar refractivity (Wildman–Crippen MR) is 59.1 cm³/mol. The first kappa shape index (κ1) is 12.3. The first-order valence-electron chi connectivity index (χ1n) is 5.80. The first-order valence-corrected chi connectivity index (χ1v) is 5.80. The van der Waals surface area contributed by atoms with Gasteiger partial charge in [-0.1, -0.05) is 0 Å². The van der Waals surface area contributed by atoms with Gasteiger partial charge in [-0.3, -0.25) is 4.79 Å². The monoisotopic (exact) mass is 239 g/mol. The fourth-order valence-corrected chi connectivity index (χ4v) is 2.22. The third-order valence-corrected chi connectivity index (χ3v) is 3.24. The van der Waals surface area contributed by atoms with Crippen molar-refractivity contribution < 1.29 is 14.3 Å². The first-order chi connectivity index (χ1) is 8.24. The van der Waals surface area contributed by atoms with Gasteiger partial charge in [0.1, 0.15) is 0 Å². The van der Waals surface area contributed by atoms with Crippen molar-refractivity contribution in [3.05, 3.63) is 0 Å². The molecule has 94 valence electrons. The topological polar surface area (TPSA) is 74.6 Å². The van der Waals surface area contributed by atoms with E-state index in [1.54, 1.807) is 12.0 Å². The Kier molecular flexibility index (Phi) is 3.94. The molecule has 1 amide bonds. The Labute approximate surface area is 100 Å². The molecule has 1 N–H and O–H groups in total. The van der Waals surface area contributed by atoms with Gasteiger partial charge < -0.3 is 19.7 Å². The summed E-state index contributed by atoms with van der Waals surface area (Å²) in [6.45, 7) is 2.07. The van der Waals surface area contributed by atoms with Crippen molar-refractivity contribution in [3.63, 3.8) is 0 Å². The van der Waals surface area contributed by atoms with E-state index in [0.717, 1.165) is 0 Å². The number of amides is 1. The molecule has 17 heavy (non-hydrogen) atoms. The molecule has 0 radical (unpaired) electrons. The van der Waals surface area contributed by atoms with Gasteiger partial charge >= 0.3 is 0 Å². The summed E-state index contributed by atoms with van der Waals surface area (Å²) in [5, 5.41) is 11.9. The minimum Gasteiger partial charge on any atom is -0.380 e. The van der Waals surface area contributed by atoms with Crippen LogP contribution in [0.1, 0.15) is 6.42 Å². The molecule has 2 aliphatic rings. The summed E-state index contributed by atoms with van der Waals surface area (Å²) in [7, 11) is 1.65. The number of nitrogens with one attached hydrogen (secondary N) is 1. The standard InChI is InChI=1S/C11H17N3O3/c1-16-8-4-10(13-6-8)11(15)14-2-3-17-9(5-12)7-14/h8-10,13H,2-4,6-7H2,1H3. The molecule has 6 nitrogen and oxygen atoms in total. The number of methoxy groups -OCH3 is 1. The number of carbonyl (C=O) groups excluding carboxylic acids is 1. The van der Waals surface area contributed by atoms with Gasteiger partial charge in [0.05, 0.1) is 31.4 Å². The van der Waals surface area contributed by atoms with Gasteiger partial charge in [0, 0.05) is 20.2 Å². The number of ether oxygens (including phenoxy) is 2. The van der Waals surface area contributed by atoms with E-state index in [-0.39, 0.29) is 18.1 Å². The highest BCUT2D eigenvalue weighted by Crippen LogP contribution is 2.14. The maximum atomic E-state index is 12.2. The van der Waals surface area contributed by atoms with E-state index in [1.807, 2.05) is 6.07 Å². The van der Waals surface area contributed by atoms with Crippen LogP contribution in [0, 0.1) is 11.3 Å². The summed E-state index contributed by atoms with van der Waals surface area (Å²) < 4.78 is 10.4. The average molecular weight is 239 g/mol. The smallest absolute Gasteiger partial charge is 0.240 e. The van der Waals surface area contributed by atoms with Crippen LogP contribution in [-0.2, 0) is 14.3 Å². The molecule has 2 aliphatic heterocycles. The summed E-state index contributed by atoms with van der Waals surface area (Å²) in [6.07, 6.45) is 0.313. The lowest BCUT2D eigenvalue weighted by atomic mass is 10.1. The fraction of sp³-hybridized carbons (Fsp3) is 0.818. The maximum Gasteiger partial charge on any atom is 0.240 e. The van der Waals surface area contributed by atoms with Crippen LogP contribution in [-0.4, -0.2) is 62.4 Å². The summed E-state index contributed by atoms with van der Waals surface area (Å²) >= 11 is 0. The molecule has 2 saturated heterocycles. The van der Waals surface area contributed by atoms with Crippen molar-refractivity contribution in [1.29, 1.82) is 5.26 Å². The van der Waals surface area contributed by atoms with E-state index < -0.39 is 6.10 Å². The second-order valence-electron chi connectivity index (χ2n) is 4.33. The quantitative estimate of drug-likeness (QED) is 0.677. The van der Waals surface area contributed by atoms with E-state index in [2.05, 4.69) is 5.32 Å². The van der Waals surface area contributed by atoms with Crippen molar-refractivity contribution in [2.45, 2.75) is 24.7 Å². The van der Waals surface area contributed by atoms with Gasteiger partial charge in [0.15, 0.2) is 6.10 Å². The minimum absolute atomic E-state index is 0.0492. The van der Waals surface area contributed by atoms with E-state index in [9.17, 15) is 4.79 Å². The van der Waals surface area contributed by atoms with Crippen LogP contribution < -0.4 is 5.32 Å². The van der Waals surface area contributed by atoms with Gasteiger partial charge in [-0.15, -0.1) is 0 Å². The molecule has 2 heterocycles. The highest BCUT2D eigenvalue weighted by Gasteiger charge is 2.34. The van der Waals surface area contributed by atoms with Crippen LogP contribution in [0.3, 0.4) is 0 Å². The molecule has 3 unspecified atom stereocenters. The molecule has 6 heteroatoms. The molecule has 0 aromatic heterocycles. The average Bonchev–Trinajstić information content (AvgIpc) is 2.86. The molecular formula is C11H17N3O3. The van der Waals surface area contributed by atoms with Crippen LogP contribution in [0.25, 0.3) is 0 Å². The van der Waals surface area contributed by atoms with Crippen LogP contribution in [0.15, 0.2) is 0 Å². The maximum absolute atomic E-state index is 12.2. The number of carbonyl (C=O) groups is 1. The van der Waals surface area contributed by atoms with Crippen molar-refractivity contribution in [3.8, 4) is 6.07 Å². The Morgan fingerprint density at radius 2 is 2.47 bits per heavy atom. The number of morpholine rings is 1. The van der Waals surface area contributed by atoms with Crippen LogP contribution in [0.5, 0.6) is 0 Å². The van der Waals surface area contributed by atoms with Crippen LogP contribution in [0.4, 0.5) is 0 Å². The summed E-state index contributed by atoms with van der Waals surface area (Å²) in [5.74, 6) is 0.0492. The molecule has 0 aromatic rings. The summed E-state index contributed by atoms with van der Waals surface area (Å²) in [6, 6.07) is 1.86.